The molecule has 2 heterocycles. The van der Waals surface area contributed by atoms with Gasteiger partial charge in [0.25, 0.3) is 5.91 Å². The molecule has 4 N–H and O–H groups in total. The van der Waals surface area contributed by atoms with Gasteiger partial charge in [0, 0.05) is 31.7 Å². The van der Waals surface area contributed by atoms with Crippen molar-refractivity contribution in [2.24, 2.45) is 5.84 Å². The fraction of sp³-hybridized carbons (Fsp3) is 0.308. The Kier molecular flexibility index (Phi) is 5.08. The van der Waals surface area contributed by atoms with E-state index in [0.29, 0.717) is 17.9 Å². The molecule has 0 aromatic carbocycles. The summed E-state index contributed by atoms with van der Waals surface area (Å²) in [7, 11) is 0. The van der Waals surface area contributed by atoms with Crippen molar-refractivity contribution in [2.75, 3.05) is 12.0 Å². The zero-order valence-electron chi connectivity index (χ0n) is 11.1. The Bertz CT molecular complexity index is 540. The third-order valence-electron chi connectivity index (χ3n) is 2.88. The Morgan fingerprint density at radius 2 is 2.25 bits per heavy atom. The molecule has 0 spiro atoms. The van der Waals surface area contributed by atoms with E-state index in [4.69, 9.17) is 5.84 Å². The molecule has 7 heteroatoms. The molecule has 106 valence electrons. The average molecular weight is 274 g/mol. The number of aryl methyl sites for hydroxylation is 1. The number of imidazole rings is 1. The van der Waals surface area contributed by atoms with Gasteiger partial charge in [0.1, 0.15) is 0 Å². The van der Waals surface area contributed by atoms with Crippen LogP contribution in [0.25, 0.3) is 0 Å². The first kappa shape index (κ1) is 14.0. The third-order valence-corrected chi connectivity index (χ3v) is 2.88. The molecule has 0 aliphatic rings. The van der Waals surface area contributed by atoms with Gasteiger partial charge < -0.3 is 15.3 Å². The quantitative estimate of drug-likeness (QED) is 0.393. The molecule has 1 amide bonds. The number of nitrogens with zero attached hydrogens (tertiary/aromatic N) is 3. The van der Waals surface area contributed by atoms with Crippen molar-refractivity contribution >= 4 is 11.7 Å². The summed E-state index contributed by atoms with van der Waals surface area (Å²) >= 11 is 0. The number of carbonyl (C=O) groups excluding carboxylic acids is 1. The van der Waals surface area contributed by atoms with Gasteiger partial charge in [-0.25, -0.2) is 15.8 Å². The molecule has 0 aliphatic carbocycles. The van der Waals surface area contributed by atoms with Crippen molar-refractivity contribution in [2.45, 2.75) is 19.4 Å². The van der Waals surface area contributed by atoms with Crippen LogP contribution in [-0.4, -0.2) is 27.0 Å². The highest BCUT2D eigenvalue weighted by molar-refractivity contribution is 5.98. The summed E-state index contributed by atoms with van der Waals surface area (Å²) in [6.07, 6.45) is 8.92. The minimum Gasteiger partial charge on any atom is -0.352 e. The van der Waals surface area contributed by atoms with Crippen molar-refractivity contribution in [1.82, 2.24) is 19.9 Å². The molecule has 0 fully saturated rings. The summed E-state index contributed by atoms with van der Waals surface area (Å²) < 4.78 is 2.01. The lowest BCUT2D eigenvalue weighted by atomic mass is 10.2. The van der Waals surface area contributed by atoms with Crippen molar-refractivity contribution < 1.29 is 4.79 Å². The molecular weight excluding hydrogens is 256 g/mol. The van der Waals surface area contributed by atoms with Crippen molar-refractivity contribution in [3.05, 3.63) is 42.6 Å². The lowest BCUT2D eigenvalue weighted by Gasteiger charge is -2.08. The highest BCUT2D eigenvalue weighted by Crippen LogP contribution is 2.09. The van der Waals surface area contributed by atoms with Gasteiger partial charge in [-0.2, -0.15) is 0 Å². The van der Waals surface area contributed by atoms with Crippen LogP contribution in [0.2, 0.25) is 0 Å². The monoisotopic (exact) mass is 274 g/mol. The maximum atomic E-state index is 12.0. The number of nitrogens with one attached hydrogen (secondary N) is 2. The normalized spacial score (nSPS) is 10.2. The largest absolute Gasteiger partial charge is 0.352 e. The molecule has 0 aliphatic heterocycles. The number of amides is 1. The number of unbranched alkanes of at least 4 members (excludes halogenated alkanes) is 1. The minimum absolute atomic E-state index is 0.173. The number of hydrogen-bond acceptors (Lipinski definition) is 5. The maximum absolute atomic E-state index is 12.0. The second kappa shape index (κ2) is 7.25. The predicted molar refractivity (Wildman–Crippen MR) is 75.8 cm³/mol. The first-order valence-electron chi connectivity index (χ1n) is 6.47. The van der Waals surface area contributed by atoms with E-state index < -0.39 is 0 Å². The molecule has 0 atom stereocenters. The van der Waals surface area contributed by atoms with E-state index in [2.05, 4.69) is 20.7 Å². The number of aromatic nitrogens is 3. The van der Waals surface area contributed by atoms with Crippen LogP contribution >= 0.6 is 0 Å². The predicted octanol–water partition coefficient (Wildman–Crippen LogP) is 0.774. The van der Waals surface area contributed by atoms with Crippen LogP contribution in [0.4, 0.5) is 5.82 Å². The Labute approximate surface area is 117 Å². The number of hydrogen-bond donors (Lipinski definition) is 3. The molecule has 0 unspecified atom stereocenters. The van der Waals surface area contributed by atoms with Crippen LogP contribution in [0.1, 0.15) is 23.2 Å². The second-order valence-corrected chi connectivity index (χ2v) is 4.31. The van der Waals surface area contributed by atoms with Gasteiger partial charge in [0.15, 0.2) is 5.82 Å². The van der Waals surface area contributed by atoms with E-state index >= 15 is 0 Å². The Morgan fingerprint density at radius 3 is 3.00 bits per heavy atom. The van der Waals surface area contributed by atoms with Gasteiger partial charge in [-0.05, 0) is 25.0 Å². The van der Waals surface area contributed by atoms with E-state index in [-0.39, 0.29) is 5.91 Å². The number of nitrogens with two attached hydrogens (primary N) is 1. The summed E-state index contributed by atoms with van der Waals surface area (Å²) in [5, 5.41) is 2.85. The molecule has 0 saturated carbocycles. The van der Waals surface area contributed by atoms with Gasteiger partial charge in [0.05, 0.1) is 11.9 Å². The summed E-state index contributed by atoms with van der Waals surface area (Å²) in [4.78, 5) is 19.9. The Morgan fingerprint density at radius 1 is 1.35 bits per heavy atom. The van der Waals surface area contributed by atoms with Crippen LogP contribution in [0.5, 0.6) is 0 Å². The van der Waals surface area contributed by atoms with Crippen molar-refractivity contribution in [3.8, 4) is 0 Å². The Balaban J connectivity index is 1.72. The van der Waals surface area contributed by atoms with Crippen molar-refractivity contribution in [1.29, 1.82) is 0 Å². The average Bonchev–Trinajstić information content (AvgIpc) is 3.00. The fourth-order valence-corrected chi connectivity index (χ4v) is 1.84. The smallest absolute Gasteiger partial charge is 0.255 e. The number of pyridine rings is 1. The molecule has 20 heavy (non-hydrogen) atoms. The van der Waals surface area contributed by atoms with Gasteiger partial charge in [-0.3, -0.25) is 4.79 Å². The first-order chi connectivity index (χ1) is 9.81. The van der Waals surface area contributed by atoms with E-state index in [1.54, 1.807) is 30.9 Å². The summed E-state index contributed by atoms with van der Waals surface area (Å²) in [5.41, 5.74) is 2.86. The molecule has 7 nitrogen and oxygen atoms in total. The van der Waals surface area contributed by atoms with E-state index in [1.807, 2.05) is 10.8 Å². The zero-order chi connectivity index (χ0) is 14.2. The minimum atomic E-state index is -0.173. The van der Waals surface area contributed by atoms with Gasteiger partial charge in [-0.15, -0.1) is 0 Å². The van der Waals surface area contributed by atoms with Gasteiger partial charge in [-0.1, -0.05) is 0 Å². The highest BCUT2D eigenvalue weighted by atomic mass is 16.1. The zero-order valence-corrected chi connectivity index (χ0v) is 11.1. The molecule has 2 rings (SSSR count). The fourth-order valence-electron chi connectivity index (χ4n) is 1.84. The van der Waals surface area contributed by atoms with Crippen LogP contribution < -0.4 is 16.6 Å². The molecule has 0 bridgehead atoms. The van der Waals surface area contributed by atoms with E-state index in [9.17, 15) is 4.79 Å². The number of anilines is 1. The lowest BCUT2D eigenvalue weighted by Crippen LogP contribution is -2.26. The molecular formula is C13H18N6O. The third kappa shape index (κ3) is 3.79. The van der Waals surface area contributed by atoms with E-state index in [0.717, 1.165) is 19.4 Å². The van der Waals surface area contributed by atoms with Gasteiger partial charge in [0.2, 0.25) is 0 Å². The maximum Gasteiger partial charge on any atom is 0.255 e. The highest BCUT2D eigenvalue weighted by Gasteiger charge is 2.10. The molecule has 2 aromatic heterocycles. The van der Waals surface area contributed by atoms with Crippen molar-refractivity contribution in [3.63, 3.8) is 0 Å². The second-order valence-electron chi connectivity index (χ2n) is 4.31. The molecule has 0 saturated heterocycles. The molecule has 2 aromatic rings. The van der Waals surface area contributed by atoms with Crippen LogP contribution in [0.3, 0.4) is 0 Å². The number of carbonyl (C=O) groups is 1. The topological polar surface area (TPSA) is 97.9 Å². The SMILES string of the molecule is NNc1ncccc1C(=O)NCCCCn1ccnc1. The lowest BCUT2D eigenvalue weighted by molar-refractivity contribution is 0.0953. The summed E-state index contributed by atoms with van der Waals surface area (Å²) in [6, 6.07) is 3.39. The first-order valence-corrected chi connectivity index (χ1v) is 6.47. The summed E-state index contributed by atoms with van der Waals surface area (Å²) in [5.74, 6) is 5.52. The van der Waals surface area contributed by atoms with Crippen LogP contribution in [0, 0.1) is 0 Å². The number of hydrazine groups is 1. The molecule has 0 radical (unpaired) electrons. The van der Waals surface area contributed by atoms with E-state index in [1.165, 1.54) is 0 Å². The van der Waals surface area contributed by atoms with Crippen LogP contribution in [0.15, 0.2) is 37.1 Å². The van der Waals surface area contributed by atoms with Crippen LogP contribution in [-0.2, 0) is 6.54 Å². The number of rotatable bonds is 7. The van der Waals surface area contributed by atoms with Gasteiger partial charge >= 0.3 is 0 Å². The standard InChI is InChI=1S/C13H18N6O/c14-18-12-11(4-3-6-16-12)13(20)17-5-1-2-8-19-9-7-15-10-19/h3-4,6-7,9-10H,1-2,5,8,14H2,(H,16,18)(H,17,20). The number of nitrogen functional groups attached to an aromatic ring is 1. The Hall–Kier alpha value is -2.41. The summed E-state index contributed by atoms with van der Waals surface area (Å²) in [6.45, 7) is 1.52.